The maximum Gasteiger partial charge on any atom is 0.410 e. The number of rotatable bonds is 8. The summed E-state index contributed by atoms with van der Waals surface area (Å²) in [6, 6.07) is 17.2. The summed E-state index contributed by atoms with van der Waals surface area (Å²) in [5.41, 5.74) is 1.64. The van der Waals surface area contributed by atoms with Crippen LogP contribution in [0.25, 0.3) is 0 Å². The monoisotopic (exact) mass is 400 g/mol. The van der Waals surface area contributed by atoms with Crippen molar-refractivity contribution in [1.82, 2.24) is 10.2 Å². The number of benzene rings is 2. The van der Waals surface area contributed by atoms with Gasteiger partial charge in [0.15, 0.2) is 0 Å². The first-order valence-electron chi connectivity index (χ1n) is 8.97. The highest BCUT2D eigenvalue weighted by atomic mass is 16.6. The number of carbonyl (C=O) groups is 3. The van der Waals surface area contributed by atoms with Crippen LogP contribution in [0.3, 0.4) is 0 Å². The minimum Gasteiger partial charge on any atom is -0.467 e. The summed E-state index contributed by atoms with van der Waals surface area (Å²) in [6.45, 7) is -0.0355. The van der Waals surface area contributed by atoms with E-state index in [0.29, 0.717) is 0 Å². The van der Waals surface area contributed by atoms with E-state index in [1.807, 2.05) is 60.7 Å². The van der Waals surface area contributed by atoms with Crippen LogP contribution in [-0.2, 0) is 32.2 Å². The second kappa shape index (κ2) is 11.3. The van der Waals surface area contributed by atoms with Gasteiger partial charge in [0.1, 0.15) is 19.3 Å². The van der Waals surface area contributed by atoms with Crippen LogP contribution in [0, 0.1) is 0 Å². The number of esters is 1. The molecule has 0 aliphatic rings. The summed E-state index contributed by atoms with van der Waals surface area (Å²) in [5, 5.41) is 2.47. The smallest absolute Gasteiger partial charge is 0.410 e. The number of likely N-dealkylation sites (N-methyl/N-ethyl adjacent to an activating group) is 1. The largest absolute Gasteiger partial charge is 0.467 e. The fourth-order valence-electron chi connectivity index (χ4n) is 2.42. The molecule has 1 N–H and O–H groups in total. The molecule has 1 unspecified atom stereocenters. The molecule has 8 nitrogen and oxygen atoms in total. The quantitative estimate of drug-likeness (QED) is 0.541. The van der Waals surface area contributed by atoms with Crippen molar-refractivity contribution in [3.05, 3.63) is 71.8 Å². The lowest BCUT2D eigenvalue weighted by molar-refractivity contribution is -0.145. The van der Waals surface area contributed by atoms with Gasteiger partial charge >= 0.3 is 18.2 Å². The summed E-state index contributed by atoms with van der Waals surface area (Å²) < 4.78 is 15.0. The Balaban J connectivity index is 1.85. The molecule has 8 heteroatoms. The average Bonchev–Trinajstić information content (AvgIpc) is 2.77. The van der Waals surface area contributed by atoms with Crippen molar-refractivity contribution in [3.63, 3.8) is 0 Å². The molecule has 0 spiro atoms. The molecule has 1 atom stereocenters. The summed E-state index contributed by atoms with van der Waals surface area (Å²) >= 11 is 0. The third kappa shape index (κ3) is 7.17. The fourth-order valence-corrected chi connectivity index (χ4v) is 2.42. The second-order valence-corrected chi connectivity index (χ2v) is 6.13. The zero-order valence-electron chi connectivity index (χ0n) is 16.4. The predicted octanol–water partition coefficient (Wildman–Crippen LogP) is 2.72. The molecule has 154 valence electrons. The van der Waals surface area contributed by atoms with Gasteiger partial charge in [-0.1, -0.05) is 60.7 Å². The highest BCUT2D eigenvalue weighted by Crippen LogP contribution is 2.06. The average molecular weight is 400 g/mol. The van der Waals surface area contributed by atoms with Crippen LogP contribution in [0.4, 0.5) is 9.59 Å². The van der Waals surface area contributed by atoms with Gasteiger partial charge in [0.2, 0.25) is 0 Å². The van der Waals surface area contributed by atoms with Crippen LogP contribution in [-0.4, -0.2) is 49.8 Å². The maximum atomic E-state index is 12.3. The molecule has 2 amide bonds. The number of ether oxygens (including phenoxy) is 3. The van der Waals surface area contributed by atoms with E-state index in [9.17, 15) is 14.4 Å². The zero-order chi connectivity index (χ0) is 21.1. The Kier molecular flexibility index (Phi) is 8.50. The topological polar surface area (TPSA) is 94.2 Å². The van der Waals surface area contributed by atoms with E-state index in [4.69, 9.17) is 14.2 Å². The van der Waals surface area contributed by atoms with Crippen molar-refractivity contribution in [2.24, 2.45) is 0 Å². The van der Waals surface area contributed by atoms with Crippen molar-refractivity contribution >= 4 is 18.2 Å². The highest BCUT2D eigenvalue weighted by Gasteiger charge is 2.29. The maximum absolute atomic E-state index is 12.3. The van der Waals surface area contributed by atoms with Gasteiger partial charge in [0.25, 0.3) is 0 Å². The molecular weight excluding hydrogens is 376 g/mol. The molecule has 0 aromatic heterocycles. The molecule has 29 heavy (non-hydrogen) atoms. The molecule has 2 aromatic carbocycles. The van der Waals surface area contributed by atoms with Crippen LogP contribution in [0.15, 0.2) is 60.7 Å². The van der Waals surface area contributed by atoms with Crippen LogP contribution in [0.5, 0.6) is 0 Å². The van der Waals surface area contributed by atoms with E-state index in [1.54, 1.807) is 0 Å². The Labute approximate surface area is 169 Å². The summed E-state index contributed by atoms with van der Waals surface area (Å²) in [4.78, 5) is 37.3. The number of hydrogen-bond acceptors (Lipinski definition) is 6. The van der Waals surface area contributed by atoms with E-state index in [-0.39, 0.29) is 19.8 Å². The Morgan fingerprint density at radius 3 is 1.93 bits per heavy atom. The zero-order valence-corrected chi connectivity index (χ0v) is 16.4. The van der Waals surface area contributed by atoms with Gasteiger partial charge in [0, 0.05) is 7.05 Å². The third-order valence-electron chi connectivity index (χ3n) is 4.09. The van der Waals surface area contributed by atoms with E-state index < -0.39 is 24.2 Å². The molecule has 0 radical (unpaired) electrons. The first-order chi connectivity index (χ1) is 14.0. The number of carbonyl (C=O) groups excluding carboxylic acids is 3. The lowest BCUT2D eigenvalue weighted by atomic mass is 10.2. The number of amides is 2. The Morgan fingerprint density at radius 2 is 1.41 bits per heavy atom. The number of hydrogen-bond donors (Lipinski definition) is 1. The summed E-state index contributed by atoms with van der Waals surface area (Å²) in [7, 11) is 2.60. The molecule has 0 saturated carbocycles. The van der Waals surface area contributed by atoms with E-state index in [2.05, 4.69) is 5.32 Å². The van der Waals surface area contributed by atoms with Crippen LogP contribution in [0.2, 0.25) is 0 Å². The van der Waals surface area contributed by atoms with E-state index in [1.165, 1.54) is 14.2 Å². The van der Waals surface area contributed by atoms with Crippen molar-refractivity contribution in [2.45, 2.75) is 19.3 Å². The van der Waals surface area contributed by atoms with Crippen molar-refractivity contribution in [1.29, 1.82) is 0 Å². The van der Waals surface area contributed by atoms with Gasteiger partial charge in [0.05, 0.1) is 13.7 Å². The first-order valence-corrected chi connectivity index (χ1v) is 8.97. The lowest BCUT2D eigenvalue weighted by Crippen LogP contribution is -2.50. The summed E-state index contributed by atoms with van der Waals surface area (Å²) in [6.07, 6.45) is -1.43. The molecule has 2 aromatic rings. The number of methoxy groups -OCH3 is 1. The number of nitrogens with zero attached hydrogens (tertiary/aromatic N) is 1. The van der Waals surface area contributed by atoms with Crippen molar-refractivity contribution in [2.75, 3.05) is 20.7 Å². The Morgan fingerprint density at radius 1 is 0.897 bits per heavy atom. The minimum atomic E-state index is -1.06. The molecule has 0 saturated heterocycles. The minimum absolute atomic E-state index is 0.0600. The number of alkyl carbamates (subject to hydrolysis) is 1. The third-order valence-corrected chi connectivity index (χ3v) is 4.09. The van der Waals surface area contributed by atoms with Gasteiger partial charge in [-0.05, 0) is 11.1 Å². The molecule has 0 bridgehead atoms. The summed E-state index contributed by atoms with van der Waals surface area (Å²) in [5.74, 6) is -0.687. The molecule has 0 aliphatic heterocycles. The van der Waals surface area contributed by atoms with Gasteiger partial charge in [-0.3, -0.25) is 4.90 Å². The van der Waals surface area contributed by atoms with Crippen molar-refractivity contribution < 1.29 is 28.6 Å². The Hall–Kier alpha value is -3.55. The molecule has 2 rings (SSSR count). The van der Waals surface area contributed by atoms with Gasteiger partial charge in [-0.15, -0.1) is 0 Å². The SMILES string of the molecule is COC(=O)C(CNC(=O)OCc1ccccc1)N(C)C(=O)OCc1ccccc1. The van der Waals surface area contributed by atoms with Crippen LogP contribution in [0.1, 0.15) is 11.1 Å². The first kappa shape index (κ1) is 21.7. The van der Waals surface area contributed by atoms with E-state index >= 15 is 0 Å². The van der Waals surface area contributed by atoms with E-state index in [0.717, 1.165) is 16.0 Å². The fraction of sp³-hybridized carbons (Fsp3) is 0.286. The molecule has 0 fully saturated rings. The number of nitrogens with one attached hydrogen (secondary N) is 1. The molecular formula is C21H24N2O6. The second-order valence-electron chi connectivity index (χ2n) is 6.13. The lowest BCUT2D eigenvalue weighted by Gasteiger charge is -2.25. The van der Waals surface area contributed by atoms with Gasteiger partial charge in [-0.25, -0.2) is 14.4 Å². The van der Waals surface area contributed by atoms with Crippen LogP contribution < -0.4 is 5.32 Å². The normalized spacial score (nSPS) is 11.1. The van der Waals surface area contributed by atoms with Crippen LogP contribution >= 0.6 is 0 Å². The molecule has 0 heterocycles. The van der Waals surface area contributed by atoms with Gasteiger partial charge < -0.3 is 19.5 Å². The standard InChI is InChI=1S/C21H24N2O6/c1-23(21(26)29-15-17-11-7-4-8-12-17)18(19(24)27-2)13-22-20(25)28-14-16-9-5-3-6-10-16/h3-12,18H,13-15H2,1-2H3,(H,22,25). The predicted molar refractivity (Wildman–Crippen MR) is 105 cm³/mol. The van der Waals surface area contributed by atoms with Gasteiger partial charge in [-0.2, -0.15) is 0 Å². The molecule has 0 aliphatic carbocycles. The highest BCUT2D eigenvalue weighted by molar-refractivity contribution is 5.82. The van der Waals surface area contributed by atoms with Crippen molar-refractivity contribution in [3.8, 4) is 0 Å². The Bertz CT molecular complexity index is 797.